The first-order valence-corrected chi connectivity index (χ1v) is 9.86. The molecule has 0 aliphatic carbocycles. The molecule has 0 saturated heterocycles. The van der Waals surface area contributed by atoms with Gasteiger partial charge in [-0.05, 0) is 51.1 Å². The number of nitrogens with one attached hydrogen (secondary N) is 1. The number of hydrogen-bond donors (Lipinski definition) is 1. The Labute approximate surface area is 179 Å². The average molecular weight is 421 g/mol. The van der Waals surface area contributed by atoms with Crippen molar-refractivity contribution in [1.29, 1.82) is 0 Å². The minimum absolute atomic E-state index is 0.169. The largest absolute Gasteiger partial charge is 0.372 e. The maximum atomic E-state index is 12.7. The summed E-state index contributed by atoms with van der Waals surface area (Å²) in [6, 6.07) is 14.5. The van der Waals surface area contributed by atoms with E-state index in [2.05, 4.69) is 29.2 Å². The smallest absolute Gasteiger partial charge is 0.294 e. The number of para-hydroxylation sites is 2. The molecule has 0 fully saturated rings. The first kappa shape index (κ1) is 21.7. The molecule has 9 heteroatoms. The minimum atomic E-state index is -0.687. The van der Waals surface area contributed by atoms with Gasteiger partial charge in [0.25, 0.3) is 11.6 Å². The summed E-state index contributed by atoms with van der Waals surface area (Å²) in [5.74, 6) is -0.687. The second-order valence-electron chi connectivity index (χ2n) is 6.83. The highest BCUT2D eigenvalue weighted by Crippen LogP contribution is 2.22. The number of hydrogen-bond acceptors (Lipinski definition) is 6. The quantitative estimate of drug-likeness (QED) is 0.461. The van der Waals surface area contributed by atoms with E-state index in [0.717, 1.165) is 18.8 Å². The fraction of sp³-hybridized carbons (Fsp3) is 0.227. The third kappa shape index (κ3) is 4.61. The molecule has 2 aromatic carbocycles. The molecule has 0 saturated carbocycles. The van der Waals surface area contributed by atoms with E-state index >= 15 is 0 Å². The molecule has 160 valence electrons. The number of aryl methyl sites for hydroxylation is 1. The standard InChI is InChI=1S/C22H23N5O4/c1-4-25(5-2)17-12-10-16(11-13-17)23-22(29)21-20(28)14-15(3)26(24-21)18-8-6-7-9-19(18)27(30)31/h6-14H,4-5H2,1-3H3,(H,23,29). The average Bonchev–Trinajstić information content (AvgIpc) is 2.75. The number of carbonyl (C=O) groups excluding carboxylic acids is 1. The highest BCUT2D eigenvalue weighted by Gasteiger charge is 2.20. The lowest BCUT2D eigenvalue weighted by molar-refractivity contribution is -0.384. The molecule has 31 heavy (non-hydrogen) atoms. The molecule has 1 heterocycles. The van der Waals surface area contributed by atoms with Crippen LogP contribution in [0.15, 0.2) is 59.4 Å². The Hall–Kier alpha value is -4.01. The number of amides is 1. The predicted molar refractivity (Wildman–Crippen MR) is 119 cm³/mol. The number of aromatic nitrogens is 2. The Morgan fingerprint density at radius 2 is 1.77 bits per heavy atom. The van der Waals surface area contributed by atoms with Gasteiger partial charge in [0.15, 0.2) is 5.69 Å². The molecule has 0 aliphatic heterocycles. The monoisotopic (exact) mass is 421 g/mol. The van der Waals surface area contributed by atoms with Crippen LogP contribution in [0.1, 0.15) is 30.0 Å². The van der Waals surface area contributed by atoms with Gasteiger partial charge in [-0.2, -0.15) is 5.10 Å². The van der Waals surface area contributed by atoms with Crippen molar-refractivity contribution in [3.05, 3.63) is 86.3 Å². The lowest BCUT2D eigenvalue weighted by atomic mass is 10.2. The number of nitro groups is 1. The predicted octanol–water partition coefficient (Wildman–Crippen LogP) is 3.55. The van der Waals surface area contributed by atoms with Crippen molar-refractivity contribution in [3.63, 3.8) is 0 Å². The Morgan fingerprint density at radius 1 is 1.13 bits per heavy atom. The molecule has 0 atom stereocenters. The van der Waals surface area contributed by atoms with Crippen molar-refractivity contribution in [2.45, 2.75) is 20.8 Å². The second-order valence-corrected chi connectivity index (χ2v) is 6.83. The molecule has 1 amide bonds. The summed E-state index contributed by atoms with van der Waals surface area (Å²) in [6.45, 7) is 7.44. The van der Waals surface area contributed by atoms with Crippen LogP contribution in [0.4, 0.5) is 17.1 Å². The van der Waals surface area contributed by atoms with Gasteiger partial charge in [0.05, 0.1) is 4.92 Å². The van der Waals surface area contributed by atoms with E-state index in [1.54, 1.807) is 25.1 Å². The van der Waals surface area contributed by atoms with Crippen LogP contribution < -0.4 is 15.6 Å². The van der Waals surface area contributed by atoms with Crippen LogP contribution in [0.25, 0.3) is 5.69 Å². The lowest BCUT2D eigenvalue weighted by Gasteiger charge is -2.21. The molecule has 1 aromatic heterocycles. The van der Waals surface area contributed by atoms with Crippen molar-refractivity contribution in [3.8, 4) is 5.69 Å². The zero-order valence-electron chi connectivity index (χ0n) is 17.5. The highest BCUT2D eigenvalue weighted by atomic mass is 16.6. The van der Waals surface area contributed by atoms with Crippen LogP contribution in [0, 0.1) is 17.0 Å². The van der Waals surface area contributed by atoms with Gasteiger partial charge in [0.1, 0.15) is 5.69 Å². The summed E-state index contributed by atoms with van der Waals surface area (Å²) in [6.07, 6.45) is 0. The van der Waals surface area contributed by atoms with Gasteiger partial charge in [-0.3, -0.25) is 19.7 Å². The number of nitrogens with zero attached hydrogens (tertiary/aromatic N) is 4. The summed E-state index contributed by atoms with van der Waals surface area (Å²) in [4.78, 5) is 38.2. The molecular weight excluding hydrogens is 398 g/mol. The van der Waals surface area contributed by atoms with Crippen LogP contribution in [-0.4, -0.2) is 33.7 Å². The van der Waals surface area contributed by atoms with Crippen molar-refractivity contribution in [2.75, 3.05) is 23.3 Å². The first-order chi connectivity index (χ1) is 14.8. The summed E-state index contributed by atoms with van der Waals surface area (Å²) < 4.78 is 1.23. The summed E-state index contributed by atoms with van der Waals surface area (Å²) in [7, 11) is 0. The molecule has 0 spiro atoms. The SMILES string of the molecule is CCN(CC)c1ccc(NC(=O)c2nn(-c3ccccc3[N+](=O)[O-])c(C)cc2=O)cc1. The summed E-state index contributed by atoms with van der Waals surface area (Å²) in [5, 5.41) is 18.2. The minimum Gasteiger partial charge on any atom is -0.372 e. The number of anilines is 2. The van der Waals surface area contributed by atoms with Gasteiger partial charge >= 0.3 is 0 Å². The summed E-state index contributed by atoms with van der Waals surface area (Å²) in [5.41, 5.74) is 0.985. The van der Waals surface area contributed by atoms with Gasteiger partial charge in [-0.25, -0.2) is 4.68 Å². The molecule has 0 bridgehead atoms. The van der Waals surface area contributed by atoms with E-state index < -0.39 is 16.3 Å². The topological polar surface area (TPSA) is 110 Å². The van der Waals surface area contributed by atoms with Crippen molar-refractivity contribution in [1.82, 2.24) is 9.78 Å². The molecule has 0 aliphatic rings. The molecule has 3 rings (SSSR count). The van der Waals surface area contributed by atoms with Gasteiger partial charge in [-0.1, -0.05) is 12.1 Å². The van der Waals surface area contributed by atoms with Crippen LogP contribution in [0.5, 0.6) is 0 Å². The molecular formula is C22H23N5O4. The van der Waals surface area contributed by atoms with Gasteiger partial charge in [0.2, 0.25) is 5.43 Å². The van der Waals surface area contributed by atoms with E-state index in [9.17, 15) is 19.7 Å². The lowest BCUT2D eigenvalue weighted by Crippen LogP contribution is -2.27. The molecule has 1 N–H and O–H groups in total. The van der Waals surface area contributed by atoms with Crippen LogP contribution in [0.2, 0.25) is 0 Å². The second kappa shape index (κ2) is 9.21. The maximum absolute atomic E-state index is 12.7. The summed E-state index contributed by atoms with van der Waals surface area (Å²) >= 11 is 0. The Kier molecular flexibility index (Phi) is 6.44. The van der Waals surface area contributed by atoms with Crippen molar-refractivity contribution < 1.29 is 9.72 Å². The first-order valence-electron chi connectivity index (χ1n) is 9.86. The van der Waals surface area contributed by atoms with Crippen LogP contribution in [0.3, 0.4) is 0 Å². The van der Waals surface area contributed by atoms with Gasteiger partial charge in [0, 0.05) is 42.3 Å². The highest BCUT2D eigenvalue weighted by molar-refractivity contribution is 6.02. The van der Waals surface area contributed by atoms with E-state index in [1.165, 1.54) is 28.9 Å². The van der Waals surface area contributed by atoms with E-state index in [0.29, 0.717) is 11.4 Å². The zero-order valence-corrected chi connectivity index (χ0v) is 17.5. The van der Waals surface area contributed by atoms with Crippen LogP contribution in [-0.2, 0) is 0 Å². The fourth-order valence-corrected chi connectivity index (χ4v) is 3.28. The third-order valence-electron chi connectivity index (χ3n) is 4.88. The van der Waals surface area contributed by atoms with Gasteiger partial charge in [-0.15, -0.1) is 0 Å². The number of benzene rings is 2. The van der Waals surface area contributed by atoms with E-state index in [-0.39, 0.29) is 17.1 Å². The van der Waals surface area contributed by atoms with E-state index in [1.807, 2.05) is 12.1 Å². The number of rotatable bonds is 7. The fourth-order valence-electron chi connectivity index (χ4n) is 3.28. The van der Waals surface area contributed by atoms with Crippen molar-refractivity contribution >= 4 is 23.0 Å². The van der Waals surface area contributed by atoms with E-state index in [4.69, 9.17) is 0 Å². The Balaban J connectivity index is 1.93. The maximum Gasteiger partial charge on any atom is 0.294 e. The number of nitro benzene ring substituents is 1. The van der Waals surface area contributed by atoms with Crippen LogP contribution >= 0.6 is 0 Å². The normalized spacial score (nSPS) is 10.5. The Morgan fingerprint density at radius 3 is 2.39 bits per heavy atom. The Bertz CT molecular complexity index is 1170. The van der Waals surface area contributed by atoms with Gasteiger partial charge < -0.3 is 10.2 Å². The van der Waals surface area contributed by atoms with Crippen molar-refractivity contribution in [2.24, 2.45) is 0 Å². The molecule has 0 unspecified atom stereocenters. The zero-order chi connectivity index (χ0) is 22.5. The third-order valence-corrected chi connectivity index (χ3v) is 4.88. The molecule has 0 radical (unpaired) electrons. The number of carbonyl (C=O) groups is 1. The molecule has 3 aromatic rings. The molecule has 9 nitrogen and oxygen atoms in total.